The maximum atomic E-state index is 12.2. The Balaban J connectivity index is 1.57. The minimum absolute atomic E-state index is 0.200. The quantitative estimate of drug-likeness (QED) is 0.916. The molecule has 1 fully saturated rings. The van der Waals surface area contributed by atoms with Crippen molar-refractivity contribution in [3.8, 4) is 0 Å². The molecular weight excluding hydrogens is 321 g/mol. The van der Waals surface area contributed by atoms with Crippen molar-refractivity contribution in [3.63, 3.8) is 0 Å². The molecule has 1 saturated heterocycles. The molecule has 0 spiro atoms. The predicted molar refractivity (Wildman–Crippen MR) is 82.7 cm³/mol. The third-order valence-electron chi connectivity index (χ3n) is 4.62. The van der Waals surface area contributed by atoms with Crippen LogP contribution in [-0.2, 0) is 17.6 Å². The summed E-state index contributed by atoms with van der Waals surface area (Å²) < 4.78 is 36.7. The van der Waals surface area contributed by atoms with E-state index >= 15 is 0 Å². The highest BCUT2D eigenvalue weighted by Gasteiger charge is 2.32. The van der Waals surface area contributed by atoms with Gasteiger partial charge in [0.15, 0.2) is 0 Å². The topological polar surface area (TPSA) is 58.1 Å². The molecule has 132 valence electrons. The number of rotatable bonds is 3. The predicted octanol–water partition coefficient (Wildman–Crippen LogP) is 2.39. The van der Waals surface area contributed by atoms with E-state index in [1.54, 1.807) is 6.33 Å². The van der Waals surface area contributed by atoms with Crippen LogP contribution in [0.25, 0.3) is 0 Å². The molecule has 1 aliphatic carbocycles. The van der Waals surface area contributed by atoms with Gasteiger partial charge in [0, 0.05) is 30.4 Å². The second kappa shape index (κ2) is 6.94. The van der Waals surface area contributed by atoms with E-state index < -0.39 is 18.5 Å². The summed E-state index contributed by atoms with van der Waals surface area (Å²) in [6.07, 6.45) is 1.23. The van der Waals surface area contributed by atoms with Crippen molar-refractivity contribution in [1.82, 2.24) is 15.3 Å². The van der Waals surface area contributed by atoms with E-state index in [2.05, 4.69) is 20.2 Å². The van der Waals surface area contributed by atoms with Crippen LogP contribution in [0.3, 0.4) is 0 Å². The Labute approximate surface area is 138 Å². The average molecular weight is 342 g/mol. The van der Waals surface area contributed by atoms with Crippen molar-refractivity contribution in [2.75, 3.05) is 18.0 Å². The highest BCUT2D eigenvalue weighted by molar-refractivity contribution is 5.76. The maximum absolute atomic E-state index is 12.2. The second-order valence-electron chi connectivity index (χ2n) is 6.45. The van der Waals surface area contributed by atoms with Gasteiger partial charge in [-0.1, -0.05) is 0 Å². The van der Waals surface area contributed by atoms with Crippen LogP contribution >= 0.6 is 0 Å². The van der Waals surface area contributed by atoms with Gasteiger partial charge in [-0.2, -0.15) is 13.2 Å². The monoisotopic (exact) mass is 342 g/mol. The lowest BCUT2D eigenvalue weighted by atomic mass is 9.95. The molecule has 1 aromatic rings. The summed E-state index contributed by atoms with van der Waals surface area (Å²) in [5.41, 5.74) is 2.33. The molecule has 1 aromatic heterocycles. The van der Waals surface area contributed by atoms with Crippen molar-refractivity contribution < 1.29 is 18.0 Å². The molecule has 1 amide bonds. The van der Waals surface area contributed by atoms with Gasteiger partial charge in [-0.25, -0.2) is 9.97 Å². The third kappa shape index (κ3) is 4.15. The molecule has 3 rings (SSSR count). The zero-order valence-corrected chi connectivity index (χ0v) is 13.4. The molecule has 0 saturated carbocycles. The van der Waals surface area contributed by atoms with Gasteiger partial charge in [0.1, 0.15) is 18.6 Å². The number of nitrogens with zero attached hydrogens (tertiary/aromatic N) is 3. The smallest absolute Gasteiger partial charge is 0.356 e. The summed E-state index contributed by atoms with van der Waals surface area (Å²) in [7, 11) is 0. The van der Waals surface area contributed by atoms with Crippen LogP contribution in [-0.4, -0.2) is 41.2 Å². The minimum Gasteiger partial charge on any atom is -0.356 e. The number of carbonyl (C=O) groups excluding carboxylic acids is 1. The standard InChI is InChI=1S/C16H21F3N4O/c17-16(18,19)9-14(24)22-11-5-7-23(8-6-11)15-12-3-1-2-4-13(12)20-10-21-15/h10-11H,1-9H2,(H,22,24). The van der Waals surface area contributed by atoms with Crippen LogP contribution < -0.4 is 10.2 Å². The van der Waals surface area contributed by atoms with Crippen molar-refractivity contribution in [3.05, 3.63) is 17.6 Å². The summed E-state index contributed by atoms with van der Waals surface area (Å²) in [5.74, 6) is 0.0140. The molecule has 5 nitrogen and oxygen atoms in total. The van der Waals surface area contributed by atoms with Gasteiger partial charge in [0.25, 0.3) is 0 Å². The van der Waals surface area contributed by atoms with Crippen LogP contribution in [0.15, 0.2) is 6.33 Å². The summed E-state index contributed by atoms with van der Waals surface area (Å²) in [6.45, 7) is 1.36. The van der Waals surface area contributed by atoms with Gasteiger partial charge in [-0.05, 0) is 38.5 Å². The van der Waals surface area contributed by atoms with Gasteiger partial charge in [-0.3, -0.25) is 4.79 Å². The van der Waals surface area contributed by atoms with E-state index in [0.29, 0.717) is 25.9 Å². The largest absolute Gasteiger partial charge is 0.397 e. The lowest BCUT2D eigenvalue weighted by Gasteiger charge is -2.35. The number of alkyl halides is 3. The maximum Gasteiger partial charge on any atom is 0.397 e. The van der Waals surface area contributed by atoms with Crippen LogP contribution in [0.5, 0.6) is 0 Å². The molecule has 2 aliphatic rings. The number of aryl methyl sites for hydroxylation is 1. The number of halogens is 3. The molecule has 0 bridgehead atoms. The van der Waals surface area contributed by atoms with Crippen molar-refractivity contribution >= 4 is 11.7 Å². The average Bonchev–Trinajstić information content (AvgIpc) is 2.53. The summed E-state index contributed by atoms with van der Waals surface area (Å²) in [4.78, 5) is 22.4. The Morgan fingerprint density at radius 2 is 1.92 bits per heavy atom. The lowest BCUT2D eigenvalue weighted by Crippen LogP contribution is -2.46. The van der Waals surface area contributed by atoms with E-state index in [1.165, 1.54) is 5.56 Å². The molecule has 24 heavy (non-hydrogen) atoms. The SMILES string of the molecule is O=C(CC(F)(F)F)NC1CCN(c2ncnc3c2CCCC3)CC1. The van der Waals surface area contributed by atoms with Gasteiger partial charge in [0.05, 0.1) is 0 Å². The van der Waals surface area contributed by atoms with Gasteiger partial charge in [-0.15, -0.1) is 0 Å². The fourth-order valence-corrected chi connectivity index (χ4v) is 3.47. The summed E-state index contributed by atoms with van der Waals surface area (Å²) >= 11 is 0. The first-order chi connectivity index (χ1) is 11.4. The first kappa shape index (κ1) is 17.0. The van der Waals surface area contributed by atoms with Gasteiger partial charge in [0.2, 0.25) is 5.91 Å². The number of amides is 1. The van der Waals surface area contributed by atoms with E-state index in [0.717, 1.165) is 37.2 Å². The first-order valence-corrected chi connectivity index (χ1v) is 8.36. The zero-order chi connectivity index (χ0) is 17.2. The van der Waals surface area contributed by atoms with E-state index in [1.807, 2.05) is 0 Å². The molecule has 0 atom stereocenters. The fraction of sp³-hybridized carbons (Fsp3) is 0.688. The summed E-state index contributed by atoms with van der Waals surface area (Å²) in [6, 6.07) is -0.200. The number of anilines is 1. The second-order valence-corrected chi connectivity index (χ2v) is 6.45. The molecule has 0 unspecified atom stereocenters. The molecule has 8 heteroatoms. The third-order valence-corrected chi connectivity index (χ3v) is 4.62. The molecule has 1 aliphatic heterocycles. The van der Waals surface area contributed by atoms with E-state index in [-0.39, 0.29) is 6.04 Å². The number of nitrogens with one attached hydrogen (secondary N) is 1. The number of aromatic nitrogens is 2. The molecule has 2 heterocycles. The van der Waals surface area contributed by atoms with Crippen molar-refractivity contribution in [2.45, 2.75) is 57.2 Å². The van der Waals surface area contributed by atoms with Crippen molar-refractivity contribution in [1.29, 1.82) is 0 Å². The molecular formula is C16H21F3N4O. The number of carbonyl (C=O) groups is 1. The first-order valence-electron chi connectivity index (χ1n) is 8.36. The number of hydrogen-bond acceptors (Lipinski definition) is 4. The van der Waals surface area contributed by atoms with Crippen LogP contribution in [0.2, 0.25) is 0 Å². The number of hydrogen-bond donors (Lipinski definition) is 1. The molecule has 0 radical (unpaired) electrons. The number of piperidine rings is 1. The van der Waals surface area contributed by atoms with Crippen LogP contribution in [0.1, 0.15) is 43.4 Å². The lowest BCUT2D eigenvalue weighted by molar-refractivity contribution is -0.154. The fourth-order valence-electron chi connectivity index (χ4n) is 3.47. The normalized spacial score (nSPS) is 19.0. The Morgan fingerprint density at radius 3 is 2.62 bits per heavy atom. The van der Waals surface area contributed by atoms with Gasteiger partial charge < -0.3 is 10.2 Å². The summed E-state index contributed by atoms with van der Waals surface area (Å²) in [5, 5.41) is 2.49. The zero-order valence-electron chi connectivity index (χ0n) is 13.4. The van der Waals surface area contributed by atoms with Crippen LogP contribution in [0.4, 0.5) is 19.0 Å². The van der Waals surface area contributed by atoms with Crippen molar-refractivity contribution in [2.24, 2.45) is 0 Å². The Morgan fingerprint density at radius 1 is 1.21 bits per heavy atom. The molecule has 1 N–H and O–H groups in total. The highest BCUT2D eigenvalue weighted by Crippen LogP contribution is 2.29. The Hall–Kier alpha value is -1.86. The van der Waals surface area contributed by atoms with Crippen LogP contribution in [0, 0.1) is 0 Å². The molecule has 0 aromatic carbocycles. The Kier molecular flexibility index (Phi) is 4.91. The van der Waals surface area contributed by atoms with E-state index in [9.17, 15) is 18.0 Å². The highest BCUT2D eigenvalue weighted by atomic mass is 19.4. The Bertz CT molecular complexity index is 597. The van der Waals surface area contributed by atoms with E-state index in [4.69, 9.17) is 0 Å². The minimum atomic E-state index is -4.45. The van der Waals surface area contributed by atoms with Gasteiger partial charge >= 0.3 is 6.18 Å². The number of fused-ring (bicyclic) bond motifs is 1.